The predicted octanol–water partition coefficient (Wildman–Crippen LogP) is 0.689. The molecule has 0 aliphatic carbocycles. The van der Waals surface area contributed by atoms with Gasteiger partial charge in [0, 0.05) is 7.05 Å². The molecule has 0 spiro atoms. The summed E-state index contributed by atoms with van der Waals surface area (Å²) in [4.78, 5) is 25.8. The normalized spacial score (nSPS) is 10.5. The van der Waals surface area contributed by atoms with Crippen molar-refractivity contribution in [2.24, 2.45) is 5.18 Å². The lowest BCUT2D eigenvalue weighted by molar-refractivity contribution is 0.0919. The van der Waals surface area contributed by atoms with Crippen molar-refractivity contribution in [2.45, 2.75) is 20.4 Å². The maximum Gasteiger partial charge on any atom is 0.315 e. The zero-order valence-electron chi connectivity index (χ0n) is 10.7. The van der Waals surface area contributed by atoms with Gasteiger partial charge in [-0.05, 0) is 19.0 Å². The Bertz CT molecular complexity index is 629. The van der Waals surface area contributed by atoms with Crippen molar-refractivity contribution < 1.29 is 9.32 Å². The predicted molar refractivity (Wildman–Crippen MR) is 63.9 cm³/mol. The highest BCUT2D eigenvalue weighted by molar-refractivity contribution is 5.89. The summed E-state index contributed by atoms with van der Waals surface area (Å²) in [5.74, 6) is -0.281. The van der Waals surface area contributed by atoms with Gasteiger partial charge in [-0.15, -0.1) is 4.91 Å². The minimum absolute atomic E-state index is 0.118. The molecule has 0 unspecified atom stereocenters. The second-order valence-corrected chi connectivity index (χ2v) is 3.86. The van der Waals surface area contributed by atoms with E-state index < -0.39 is 5.91 Å². The third-order valence-corrected chi connectivity index (χ3v) is 2.62. The average Bonchev–Trinajstić information content (AvgIpc) is 2.95. The van der Waals surface area contributed by atoms with Crippen molar-refractivity contribution >= 4 is 11.6 Å². The molecule has 0 saturated heterocycles. The smallest absolute Gasteiger partial charge is 0.315 e. The van der Waals surface area contributed by atoms with Crippen LogP contribution in [0.15, 0.2) is 9.70 Å². The summed E-state index contributed by atoms with van der Waals surface area (Å²) in [6.07, 6.45) is 0. The summed E-state index contributed by atoms with van der Waals surface area (Å²) < 4.78 is 6.33. The number of nitroso groups, excluding NO2 is 1. The van der Waals surface area contributed by atoms with Crippen molar-refractivity contribution in [2.75, 3.05) is 7.05 Å². The first kappa shape index (κ1) is 12.9. The summed E-state index contributed by atoms with van der Waals surface area (Å²) in [6, 6.07) is 0. The molecule has 2 rings (SSSR count). The highest BCUT2D eigenvalue weighted by Crippen LogP contribution is 2.22. The minimum atomic E-state index is -0.456. The molecule has 2 aromatic heterocycles. The van der Waals surface area contributed by atoms with Crippen LogP contribution < -0.4 is 5.32 Å². The Labute approximate surface area is 108 Å². The Balaban J connectivity index is 2.24. The van der Waals surface area contributed by atoms with E-state index in [0.717, 1.165) is 0 Å². The Kier molecular flexibility index (Phi) is 3.36. The van der Waals surface area contributed by atoms with Gasteiger partial charge in [0.1, 0.15) is 6.54 Å². The second kappa shape index (κ2) is 4.96. The van der Waals surface area contributed by atoms with Crippen LogP contribution in [0.25, 0.3) is 0 Å². The van der Waals surface area contributed by atoms with E-state index in [1.54, 1.807) is 13.8 Å². The lowest BCUT2D eigenvalue weighted by Crippen LogP contribution is -2.18. The topological polar surface area (TPSA) is 115 Å². The molecule has 0 aliphatic rings. The summed E-state index contributed by atoms with van der Waals surface area (Å²) in [6.45, 7) is 3.60. The van der Waals surface area contributed by atoms with Crippen LogP contribution in [-0.2, 0) is 6.54 Å². The molecule has 0 saturated carbocycles. The second-order valence-electron chi connectivity index (χ2n) is 3.86. The minimum Gasteiger partial charge on any atom is -0.351 e. The zero-order chi connectivity index (χ0) is 14.0. The lowest BCUT2D eigenvalue weighted by Gasteiger charge is -1.98. The van der Waals surface area contributed by atoms with Gasteiger partial charge in [-0.2, -0.15) is 10.1 Å². The van der Waals surface area contributed by atoms with Crippen LogP contribution in [0.2, 0.25) is 0 Å². The molecule has 1 amide bonds. The maximum atomic E-state index is 11.3. The van der Waals surface area contributed by atoms with Crippen molar-refractivity contribution in [3.05, 3.63) is 28.0 Å². The zero-order valence-corrected chi connectivity index (χ0v) is 10.7. The van der Waals surface area contributed by atoms with Gasteiger partial charge in [-0.1, -0.05) is 5.16 Å². The SMILES string of the molecule is CNC(=O)c1nc(Cn2nc(C)c(N=O)c2C)no1. The number of aromatic nitrogens is 4. The standard InChI is InChI=1S/C10H12N6O3/c1-5-8(14-18)6(2)16(13-5)4-7-12-10(19-15-7)9(17)11-3/h4H2,1-3H3,(H,11,17). The fourth-order valence-corrected chi connectivity index (χ4v) is 1.62. The molecule has 0 bridgehead atoms. The fraction of sp³-hybridized carbons (Fsp3) is 0.400. The number of nitrogens with one attached hydrogen (secondary N) is 1. The van der Waals surface area contributed by atoms with Crippen LogP contribution >= 0.6 is 0 Å². The first-order chi connectivity index (χ1) is 9.06. The van der Waals surface area contributed by atoms with Crippen LogP contribution in [0.3, 0.4) is 0 Å². The molecular formula is C10H12N6O3. The average molecular weight is 264 g/mol. The number of amides is 1. The number of hydrogen-bond donors (Lipinski definition) is 1. The molecule has 19 heavy (non-hydrogen) atoms. The lowest BCUT2D eigenvalue weighted by atomic mass is 10.3. The molecule has 9 heteroatoms. The Hall–Kier alpha value is -2.58. The number of rotatable bonds is 4. The van der Waals surface area contributed by atoms with E-state index in [2.05, 4.69) is 25.7 Å². The van der Waals surface area contributed by atoms with E-state index >= 15 is 0 Å². The van der Waals surface area contributed by atoms with E-state index in [4.69, 9.17) is 4.52 Å². The molecule has 0 atom stereocenters. The summed E-state index contributed by atoms with van der Waals surface area (Å²) >= 11 is 0. The van der Waals surface area contributed by atoms with Crippen LogP contribution in [0.5, 0.6) is 0 Å². The molecule has 1 N–H and O–H groups in total. The Morgan fingerprint density at radius 2 is 2.21 bits per heavy atom. The van der Waals surface area contributed by atoms with Crippen LogP contribution in [0.4, 0.5) is 5.69 Å². The summed E-state index contributed by atoms with van der Waals surface area (Å²) in [5.41, 5.74) is 1.44. The fourth-order valence-electron chi connectivity index (χ4n) is 1.62. The van der Waals surface area contributed by atoms with Crippen molar-refractivity contribution in [3.8, 4) is 0 Å². The van der Waals surface area contributed by atoms with E-state index in [1.807, 2.05) is 0 Å². The third kappa shape index (κ3) is 2.34. The number of nitrogens with zero attached hydrogens (tertiary/aromatic N) is 5. The third-order valence-electron chi connectivity index (χ3n) is 2.62. The van der Waals surface area contributed by atoms with E-state index in [-0.39, 0.29) is 12.4 Å². The van der Waals surface area contributed by atoms with Gasteiger partial charge in [0.2, 0.25) is 0 Å². The number of aryl methyl sites for hydroxylation is 1. The number of hydrogen-bond acceptors (Lipinski definition) is 7. The Morgan fingerprint density at radius 1 is 1.47 bits per heavy atom. The van der Waals surface area contributed by atoms with Crippen LogP contribution in [0, 0.1) is 18.8 Å². The first-order valence-corrected chi connectivity index (χ1v) is 5.48. The monoisotopic (exact) mass is 264 g/mol. The molecule has 2 heterocycles. The van der Waals surface area contributed by atoms with Gasteiger partial charge in [-0.3, -0.25) is 9.48 Å². The largest absolute Gasteiger partial charge is 0.351 e. The molecule has 9 nitrogen and oxygen atoms in total. The molecule has 2 aromatic rings. The van der Waals surface area contributed by atoms with Crippen LogP contribution in [-0.4, -0.2) is 32.9 Å². The molecule has 0 fully saturated rings. The molecule has 0 aliphatic heterocycles. The maximum absolute atomic E-state index is 11.3. The van der Waals surface area contributed by atoms with Gasteiger partial charge in [-0.25, -0.2) is 0 Å². The van der Waals surface area contributed by atoms with Gasteiger partial charge >= 0.3 is 11.8 Å². The molecule has 100 valence electrons. The number of carbonyl (C=O) groups excluding carboxylic acids is 1. The molecule has 0 aromatic carbocycles. The van der Waals surface area contributed by atoms with E-state index in [1.165, 1.54) is 11.7 Å². The van der Waals surface area contributed by atoms with Crippen LogP contribution in [0.1, 0.15) is 27.9 Å². The summed E-state index contributed by atoms with van der Waals surface area (Å²) in [7, 11) is 1.47. The van der Waals surface area contributed by atoms with E-state index in [0.29, 0.717) is 22.9 Å². The Morgan fingerprint density at radius 3 is 2.79 bits per heavy atom. The van der Waals surface area contributed by atoms with Gasteiger partial charge in [0.05, 0.1) is 11.4 Å². The highest BCUT2D eigenvalue weighted by Gasteiger charge is 2.17. The van der Waals surface area contributed by atoms with Gasteiger partial charge in [0.15, 0.2) is 11.5 Å². The summed E-state index contributed by atoms with van der Waals surface area (Å²) in [5, 5.41) is 13.1. The van der Waals surface area contributed by atoms with Gasteiger partial charge in [0.25, 0.3) is 0 Å². The molecular weight excluding hydrogens is 252 g/mol. The molecule has 0 radical (unpaired) electrons. The van der Waals surface area contributed by atoms with Crippen molar-refractivity contribution in [1.29, 1.82) is 0 Å². The highest BCUT2D eigenvalue weighted by atomic mass is 16.5. The van der Waals surface area contributed by atoms with Crippen molar-refractivity contribution in [1.82, 2.24) is 25.2 Å². The first-order valence-electron chi connectivity index (χ1n) is 5.48. The number of carbonyl (C=O) groups is 1. The van der Waals surface area contributed by atoms with Crippen molar-refractivity contribution in [3.63, 3.8) is 0 Å². The van der Waals surface area contributed by atoms with Gasteiger partial charge < -0.3 is 9.84 Å². The quantitative estimate of drug-likeness (QED) is 0.812. The van der Waals surface area contributed by atoms with E-state index in [9.17, 15) is 9.70 Å².